The Kier molecular flexibility index (Phi) is 4.66. The first-order valence-electron chi connectivity index (χ1n) is 6.43. The highest BCUT2D eigenvalue weighted by atomic mass is 32.1. The number of nitrogens with zero attached hydrogens (tertiary/aromatic N) is 1. The molecule has 1 fully saturated rings. The van der Waals surface area contributed by atoms with Gasteiger partial charge in [-0.05, 0) is 43.9 Å². The molecule has 1 aliphatic heterocycles. The zero-order valence-corrected chi connectivity index (χ0v) is 11.3. The first-order chi connectivity index (χ1) is 8.72. The third-order valence-corrected chi connectivity index (χ3v) is 3.72. The molecule has 1 unspecified atom stereocenters. The van der Waals surface area contributed by atoms with Crippen molar-refractivity contribution in [3.05, 3.63) is 29.8 Å². The number of aliphatic hydroxyl groups excluding tert-OH is 1. The van der Waals surface area contributed by atoms with E-state index in [2.05, 4.69) is 12.6 Å². The van der Waals surface area contributed by atoms with Crippen LogP contribution in [0.4, 0.5) is 0 Å². The number of piperidine rings is 1. The molecule has 1 saturated heterocycles. The van der Waals surface area contributed by atoms with Crippen LogP contribution in [0.2, 0.25) is 0 Å². The summed E-state index contributed by atoms with van der Waals surface area (Å²) in [5.41, 5.74) is 0.687. The molecule has 0 radical (unpaired) electrons. The van der Waals surface area contributed by atoms with Crippen LogP contribution in [0.5, 0.6) is 0 Å². The summed E-state index contributed by atoms with van der Waals surface area (Å²) < 4.78 is 0. The van der Waals surface area contributed by atoms with E-state index in [0.717, 1.165) is 30.7 Å². The Labute approximate surface area is 113 Å². The normalized spacial score (nSPS) is 19.9. The van der Waals surface area contributed by atoms with Crippen LogP contribution in [0.15, 0.2) is 29.2 Å². The summed E-state index contributed by atoms with van der Waals surface area (Å²) in [4.78, 5) is 15.2. The predicted octanol–water partition coefficient (Wildman–Crippen LogP) is 2.35. The molecule has 1 amide bonds. The van der Waals surface area contributed by atoms with Crippen LogP contribution in [0, 0.1) is 0 Å². The van der Waals surface area contributed by atoms with Gasteiger partial charge < -0.3 is 10.0 Å². The molecule has 1 aromatic rings. The van der Waals surface area contributed by atoms with Crippen LogP contribution in [-0.4, -0.2) is 35.1 Å². The number of carbonyl (C=O) groups is 1. The van der Waals surface area contributed by atoms with Gasteiger partial charge in [0.1, 0.15) is 0 Å². The van der Waals surface area contributed by atoms with Crippen molar-refractivity contribution >= 4 is 18.5 Å². The van der Waals surface area contributed by atoms with Crippen LogP contribution in [0.1, 0.15) is 36.0 Å². The molecule has 0 saturated carbocycles. The minimum Gasteiger partial charge on any atom is -0.396 e. The van der Waals surface area contributed by atoms with Crippen LogP contribution in [0.25, 0.3) is 0 Å². The second-order valence-electron chi connectivity index (χ2n) is 4.71. The Balaban J connectivity index is 2.15. The number of amides is 1. The smallest absolute Gasteiger partial charge is 0.254 e. The number of likely N-dealkylation sites (tertiary alicyclic amines) is 1. The summed E-state index contributed by atoms with van der Waals surface area (Å²) in [5.74, 6) is 0.0593. The van der Waals surface area contributed by atoms with Crippen molar-refractivity contribution in [2.24, 2.45) is 0 Å². The average molecular weight is 265 g/mol. The van der Waals surface area contributed by atoms with Crippen molar-refractivity contribution in [3.63, 3.8) is 0 Å². The van der Waals surface area contributed by atoms with E-state index in [4.69, 9.17) is 5.11 Å². The summed E-state index contributed by atoms with van der Waals surface area (Å²) in [6.45, 7) is 0.932. The summed E-state index contributed by atoms with van der Waals surface area (Å²) in [7, 11) is 0. The van der Waals surface area contributed by atoms with Gasteiger partial charge in [0.2, 0.25) is 0 Å². The van der Waals surface area contributed by atoms with Crippen LogP contribution >= 0.6 is 12.6 Å². The van der Waals surface area contributed by atoms with E-state index in [1.165, 1.54) is 0 Å². The van der Waals surface area contributed by atoms with Crippen molar-refractivity contribution in [2.75, 3.05) is 13.2 Å². The van der Waals surface area contributed by atoms with E-state index in [9.17, 15) is 4.79 Å². The van der Waals surface area contributed by atoms with Gasteiger partial charge in [-0.2, -0.15) is 0 Å². The third-order valence-electron chi connectivity index (χ3n) is 3.44. The Bertz CT molecular complexity index is 420. The van der Waals surface area contributed by atoms with Gasteiger partial charge in [-0.15, -0.1) is 12.6 Å². The van der Waals surface area contributed by atoms with Crippen LogP contribution < -0.4 is 0 Å². The second kappa shape index (κ2) is 6.25. The SMILES string of the molecule is O=C(c1cccc(S)c1)N1CCCCC1CCO. The van der Waals surface area contributed by atoms with Crippen LogP contribution in [-0.2, 0) is 0 Å². The molecule has 18 heavy (non-hydrogen) atoms. The lowest BCUT2D eigenvalue weighted by atomic mass is 9.98. The largest absolute Gasteiger partial charge is 0.396 e. The summed E-state index contributed by atoms with van der Waals surface area (Å²) in [5, 5.41) is 9.08. The van der Waals surface area contributed by atoms with Gasteiger partial charge in [-0.1, -0.05) is 6.07 Å². The van der Waals surface area contributed by atoms with E-state index in [1.807, 2.05) is 23.1 Å². The van der Waals surface area contributed by atoms with E-state index in [-0.39, 0.29) is 18.6 Å². The quantitative estimate of drug-likeness (QED) is 0.824. The monoisotopic (exact) mass is 265 g/mol. The van der Waals surface area contributed by atoms with Gasteiger partial charge in [-0.3, -0.25) is 4.79 Å². The topological polar surface area (TPSA) is 40.5 Å². The molecule has 0 aromatic heterocycles. The molecular weight excluding hydrogens is 246 g/mol. The Morgan fingerprint density at radius 1 is 1.44 bits per heavy atom. The number of aliphatic hydroxyl groups is 1. The summed E-state index contributed by atoms with van der Waals surface area (Å²) in [6.07, 6.45) is 3.86. The van der Waals surface area contributed by atoms with Gasteiger partial charge >= 0.3 is 0 Å². The summed E-state index contributed by atoms with van der Waals surface area (Å²) in [6, 6.07) is 7.52. The molecule has 1 aliphatic rings. The number of benzene rings is 1. The standard InChI is InChI=1S/C14H19NO2S/c16-9-7-12-5-1-2-8-15(12)14(17)11-4-3-6-13(18)10-11/h3-4,6,10,12,16,18H,1-2,5,7-9H2. The van der Waals surface area contributed by atoms with Gasteiger partial charge in [0.05, 0.1) is 0 Å². The minimum absolute atomic E-state index is 0.0593. The maximum Gasteiger partial charge on any atom is 0.254 e. The third kappa shape index (κ3) is 3.06. The van der Waals surface area contributed by atoms with E-state index in [1.54, 1.807) is 6.07 Å². The van der Waals surface area contributed by atoms with Crippen LogP contribution in [0.3, 0.4) is 0 Å². The second-order valence-corrected chi connectivity index (χ2v) is 5.23. The van der Waals surface area contributed by atoms with Gasteiger partial charge in [0.15, 0.2) is 0 Å². The molecule has 1 N–H and O–H groups in total. The molecule has 1 heterocycles. The molecule has 2 rings (SSSR count). The van der Waals surface area contributed by atoms with Crippen molar-refractivity contribution in [3.8, 4) is 0 Å². The zero-order valence-electron chi connectivity index (χ0n) is 10.4. The highest BCUT2D eigenvalue weighted by molar-refractivity contribution is 7.80. The molecule has 4 heteroatoms. The van der Waals surface area contributed by atoms with Crippen molar-refractivity contribution in [1.82, 2.24) is 4.90 Å². The lowest BCUT2D eigenvalue weighted by Gasteiger charge is -2.35. The molecule has 1 atom stereocenters. The number of hydrogen-bond donors (Lipinski definition) is 2. The summed E-state index contributed by atoms with van der Waals surface area (Å²) >= 11 is 4.27. The van der Waals surface area contributed by atoms with E-state index in [0.29, 0.717) is 12.0 Å². The zero-order chi connectivity index (χ0) is 13.0. The predicted molar refractivity (Wildman–Crippen MR) is 74.1 cm³/mol. The first-order valence-corrected chi connectivity index (χ1v) is 6.88. The van der Waals surface area contributed by atoms with Gasteiger partial charge in [0.25, 0.3) is 5.91 Å². The average Bonchev–Trinajstić information content (AvgIpc) is 2.39. The fraction of sp³-hybridized carbons (Fsp3) is 0.500. The molecule has 0 aliphatic carbocycles. The molecule has 98 valence electrons. The number of hydrogen-bond acceptors (Lipinski definition) is 3. The van der Waals surface area contributed by atoms with Gasteiger partial charge in [-0.25, -0.2) is 0 Å². The Morgan fingerprint density at radius 3 is 3.00 bits per heavy atom. The lowest BCUT2D eigenvalue weighted by molar-refractivity contribution is 0.0574. The highest BCUT2D eigenvalue weighted by Crippen LogP contribution is 2.22. The number of rotatable bonds is 3. The molecule has 1 aromatic carbocycles. The lowest BCUT2D eigenvalue weighted by Crippen LogP contribution is -2.44. The molecular formula is C14H19NO2S. The molecule has 0 spiro atoms. The fourth-order valence-corrected chi connectivity index (χ4v) is 2.75. The van der Waals surface area contributed by atoms with Crippen molar-refractivity contribution in [1.29, 1.82) is 0 Å². The highest BCUT2D eigenvalue weighted by Gasteiger charge is 2.26. The van der Waals surface area contributed by atoms with Gasteiger partial charge in [0, 0.05) is 29.7 Å². The number of thiol groups is 1. The minimum atomic E-state index is 0.0593. The van der Waals surface area contributed by atoms with E-state index >= 15 is 0 Å². The molecule has 3 nitrogen and oxygen atoms in total. The van der Waals surface area contributed by atoms with Crippen molar-refractivity contribution < 1.29 is 9.90 Å². The number of carbonyl (C=O) groups excluding carboxylic acids is 1. The fourth-order valence-electron chi connectivity index (χ4n) is 2.52. The van der Waals surface area contributed by atoms with Crippen molar-refractivity contribution in [2.45, 2.75) is 36.6 Å². The maximum absolute atomic E-state index is 12.4. The Hall–Kier alpha value is -1.00. The van der Waals surface area contributed by atoms with E-state index < -0.39 is 0 Å². The Morgan fingerprint density at radius 2 is 2.28 bits per heavy atom. The maximum atomic E-state index is 12.4. The molecule has 0 bridgehead atoms. The first kappa shape index (κ1) is 13.4.